The molecule has 1 atom stereocenters. The number of nitrogen functional groups attached to an aromatic ring is 1. The topological polar surface area (TPSA) is 85.3 Å². The zero-order valence-corrected chi connectivity index (χ0v) is 8.02. The van der Waals surface area contributed by atoms with Gasteiger partial charge in [0.25, 0.3) is 5.56 Å². The molecule has 0 amide bonds. The van der Waals surface area contributed by atoms with Crippen LogP contribution in [0.3, 0.4) is 0 Å². The van der Waals surface area contributed by atoms with E-state index in [9.17, 15) is 9.59 Å². The van der Waals surface area contributed by atoms with Crippen molar-refractivity contribution in [1.82, 2.24) is 4.57 Å². The van der Waals surface area contributed by atoms with Crippen LogP contribution in [0.1, 0.15) is 18.7 Å². The van der Waals surface area contributed by atoms with Gasteiger partial charge >= 0.3 is 5.97 Å². The van der Waals surface area contributed by atoms with Crippen LogP contribution in [0.2, 0.25) is 0 Å². The Kier molecular flexibility index (Phi) is 2.60. The Balaban J connectivity index is 3.40. The summed E-state index contributed by atoms with van der Waals surface area (Å²) in [5, 5.41) is 8.77. The second-order valence-electron chi connectivity index (χ2n) is 3.12. The van der Waals surface area contributed by atoms with Crippen molar-refractivity contribution >= 4 is 11.7 Å². The SMILES string of the molecule is Cc1ccc(N)c(=O)n1C(C)C(=O)O. The number of nitrogens with two attached hydrogens (primary N) is 1. The molecule has 0 bridgehead atoms. The number of pyridine rings is 1. The number of aromatic nitrogens is 1. The third kappa shape index (κ3) is 1.61. The first-order valence-electron chi connectivity index (χ1n) is 4.15. The maximum atomic E-state index is 11.5. The molecule has 5 heteroatoms. The molecule has 0 fully saturated rings. The van der Waals surface area contributed by atoms with Gasteiger partial charge in [0.05, 0.1) is 5.69 Å². The van der Waals surface area contributed by atoms with Crippen molar-refractivity contribution in [3.05, 3.63) is 28.2 Å². The molecule has 14 heavy (non-hydrogen) atoms. The Morgan fingerprint density at radius 1 is 1.57 bits per heavy atom. The van der Waals surface area contributed by atoms with Crippen molar-refractivity contribution in [3.8, 4) is 0 Å². The first-order chi connectivity index (χ1) is 6.45. The number of hydrogen-bond acceptors (Lipinski definition) is 3. The Labute approximate surface area is 80.8 Å². The molecule has 1 aromatic heterocycles. The highest BCUT2D eigenvalue weighted by molar-refractivity contribution is 5.71. The minimum absolute atomic E-state index is 0.0590. The number of carboxylic acids is 1. The van der Waals surface area contributed by atoms with Crippen molar-refractivity contribution in [3.63, 3.8) is 0 Å². The van der Waals surface area contributed by atoms with E-state index in [4.69, 9.17) is 10.8 Å². The Morgan fingerprint density at radius 2 is 2.14 bits per heavy atom. The number of nitrogens with zero attached hydrogens (tertiary/aromatic N) is 1. The van der Waals surface area contributed by atoms with Crippen molar-refractivity contribution in [2.24, 2.45) is 0 Å². The summed E-state index contributed by atoms with van der Waals surface area (Å²) < 4.78 is 1.16. The first-order valence-corrected chi connectivity index (χ1v) is 4.15. The molecule has 0 saturated heterocycles. The van der Waals surface area contributed by atoms with E-state index in [2.05, 4.69) is 0 Å². The average molecular weight is 196 g/mol. The number of aliphatic carboxylic acids is 1. The van der Waals surface area contributed by atoms with E-state index < -0.39 is 17.6 Å². The molecule has 1 aromatic rings. The van der Waals surface area contributed by atoms with E-state index in [1.165, 1.54) is 13.0 Å². The minimum atomic E-state index is -1.05. The summed E-state index contributed by atoms with van der Waals surface area (Å²) in [6, 6.07) is 2.20. The van der Waals surface area contributed by atoms with Crippen molar-refractivity contribution in [2.45, 2.75) is 19.9 Å². The molecule has 1 heterocycles. The summed E-state index contributed by atoms with van der Waals surface area (Å²) in [5.41, 5.74) is 5.58. The van der Waals surface area contributed by atoms with Gasteiger partial charge in [-0.25, -0.2) is 4.79 Å². The third-order valence-corrected chi connectivity index (χ3v) is 2.09. The van der Waals surface area contributed by atoms with Gasteiger partial charge in [-0.3, -0.25) is 9.36 Å². The molecule has 0 aliphatic rings. The predicted octanol–water partition coefficient (Wildman–Crippen LogP) is 0.385. The second kappa shape index (κ2) is 3.53. The molecule has 0 saturated carbocycles. The molecule has 3 N–H and O–H groups in total. The van der Waals surface area contributed by atoms with Crippen LogP contribution in [-0.4, -0.2) is 15.6 Å². The average Bonchev–Trinajstić information content (AvgIpc) is 2.12. The van der Waals surface area contributed by atoms with Gasteiger partial charge < -0.3 is 10.8 Å². The van der Waals surface area contributed by atoms with Gasteiger partial charge in [-0.2, -0.15) is 0 Å². The molecule has 76 valence electrons. The van der Waals surface area contributed by atoms with Gasteiger partial charge in [-0.15, -0.1) is 0 Å². The van der Waals surface area contributed by atoms with Gasteiger partial charge in [-0.05, 0) is 26.0 Å². The summed E-state index contributed by atoms with van der Waals surface area (Å²) in [7, 11) is 0. The zero-order valence-electron chi connectivity index (χ0n) is 8.02. The Hall–Kier alpha value is -1.78. The molecule has 0 aromatic carbocycles. The van der Waals surface area contributed by atoms with Crippen molar-refractivity contribution in [1.29, 1.82) is 0 Å². The highest BCUT2D eigenvalue weighted by Crippen LogP contribution is 2.08. The van der Waals surface area contributed by atoms with E-state index in [-0.39, 0.29) is 5.69 Å². The van der Waals surface area contributed by atoms with Gasteiger partial charge in [0.15, 0.2) is 0 Å². The molecule has 0 spiro atoms. The summed E-state index contributed by atoms with van der Waals surface area (Å²) in [6.07, 6.45) is 0. The highest BCUT2D eigenvalue weighted by atomic mass is 16.4. The van der Waals surface area contributed by atoms with Crippen LogP contribution in [0.4, 0.5) is 5.69 Å². The standard InChI is InChI=1S/C9H12N2O3/c1-5-3-4-7(10)8(12)11(5)6(2)9(13)14/h3-4,6H,10H2,1-2H3,(H,13,14). The van der Waals surface area contributed by atoms with Crippen LogP contribution in [0, 0.1) is 6.92 Å². The maximum Gasteiger partial charge on any atom is 0.326 e. The lowest BCUT2D eigenvalue weighted by Gasteiger charge is -2.14. The number of anilines is 1. The molecule has 0 radical (unpaired) electrons. The molecule has 5 nitrogen and oxygen atoms in total. The van der Waals surface area contributed by atoms with Crippen LogP contribution < -0.4 is 11.3 Å². The van der Waals surface area contributed by atoms with Gasteiger partial charge in [0.1, 0.15) is 6.04 Å². The summed E-state index contributed by atoms with van der Waals surface area (Å²) >= 11 is 0. The van der Waals surface area contributed by atoms with Crippen LogP contribution in [0.5, 0.6) is 0 Å². The number of carbonyl (C=O) groups is 1. The third-order valence-electron chi connectivity index (χ3n) is 2.09. The molecule has 1 unspecified atom stereocenters. The number of hydrogen-bond donors (Lipinski definition) is 2. The Bertz CT molecular complexity index is 423. The zero-order chi connectivity index (χ0) is 10.9. The van der Waals surface area contributed by atoms with Crippen LogP contribution in [0.15, 0.2) is 16.9 Å². The molecule has 1 rings (SSSR count). The van der Waals surface area contributed by atoms with E-state index in [1.54, 1.807) is 13.0 Å². The fourth-order valence-electron chi connectivity index (χ4n) is 1.25. The summed E-state index contributed by atoms with van der Waals surface area (Å²) in [5.74, 6) is -1.05. The summed E-state index contributed by atoms with van der Waals surface area (Å²) in [4.78, 5) is 22.2. The smallest absolute Gasteiger partial charge is 0.326 e. The lowest BCUT2D eigenvalue weighted by atomic mass is 10.2. The molecule has 0 aliphatic carbocycles. The minimum Gasteiger partial charge on any atom is -0.480 e. The van der Waals surface area contributed by atoms with Crippen LogP contribution in [0.25, 0.3) is 0 Å². The lowest BCUT2D eigenvalue weighted by Crippen LogP contribution is -2.31. The fraction of sp³-hybridized carbons (Fsp3) is 0.333. The molecular formula is C9H12N2O3. The van der Waals surface area contributed by atoms with E-state index in [0.717, 1.165) is 4.57 Å². The number of rotatable bonds is 2. The Morgan fingerprint density at radius 3 is 2.64 bits per heavy atom. The van der Waals surface area contributed by atoms with Gasteiger partial charge in [-0.1, -0.05) is 0 Å². The van der Waals surface area contributed by atoms with E-state index >= 15 is 0 Å². The highest BCUT2D eigenvalue weighted by Gasteiger charge is 2.17. The maximum absolute atomic E-state index is 11.5. The first kappa shape index (κ1) is 10.3. The van der Waals surface area contributed by atoms with Gasteiger partial charge in [0.2, 0.25) is 0 Å². The monoisotopic (exact) mass is 196 g/mol. The van der Waals surface area contributed by atoms with E-state index in [1.807, 2.05) is 0 Å². The summed E-state index contributed by atoms with van der Waals surface area (Å²) in [6.45, 7) is 3.11. The largest absolute Gasteiger partial charge is 0.480 e. The van der Waals surface area contributed by atoms with Crippen molar-refractivity contribution in [2.75, 3.05) is 5.73 Å². The quantitative estimate of drug-likeness (QED) is 0.716. The van der Waals surface area contributed by atoms with Crippen molar-refractivity contribution < 1.29 is 9.90 Å². The molecule has 0 aliphatic heterocycles. The number of aryl methyl sites for hydroxylation is 1. The van der Waals surface area contributed by atoms with Gasteiger partial charge in [0, 0.05) is 5.69 Å². The second-order valence-corrected chi connectivity index (χ2v) is 3.12. The number of carboxylic acid groups (broad SMARTS) is 1. The van der Waals surface area contributed by atoms with Crippen LogP contribution >= 0.6 is 0 Å². The van der Waals surface area contributed by atoms with E-state index in [0.29, 0.717) is 5.69 Å². The molecular weight excluding hydrogens is 184 g/mol. The van der Waals surface area contributed by atoms with Crippen LogP contribution in [-0.2, 0) is 4.79 Å². The fourth-order valence-corrected chi connectivity index (χ4v) is 1.25. The predicted molar refractivity (Wildman–Crippen MR) is 52.2 cm³/mol. The normalized spacial score (nSPS) is 12.4. The lowest BCUT2D eigenvalue weighted by molar-refractivity contribution is -0.140.